The number of carbonyl (C=O) groups is 1. The van der Waals surface area contributed by atoms with Crippen molar-refractivity contribution in [2.45, 2.75) is 11.8 Å². The number of carbonyl (C=O) groups excluding carboxylic acids is 1. The first-order valence-electron chi connectivity index (χ1n) is 6.43. The Morgan fingerprint density at radius 2 is 1.78 bits per heavy atom. The third kappa shape index (κ3) is 3.90. The molecule has 2 N–H and O–H groups in total. The quantitative estimate of drug-likeness (QED) is 0.634. The Balaban J connectivity index is 2.18. The number of rotatable bonds is 5. The highest BCUT2D eigenvalue weighted by atomic mass is 32.2. The van der Waals surface area contributed by atoms with Gasteiger partial charge < -0.3 is 0 Å². The van der Waals surface area contributed by atoms with Crippen molar-refractivity contribution in [3.8, 4) is 0 Å². The fourth-order valence-corrected chi connectivity index (χ4v) is 2.65. The van der Waals surface area contributed by atoms with Gasteiger partial charge in [-0.1, -0.05) is 24.3 Å². The Bertz CT molecular complexity index is 850. The zero-order chi connectivity index (χ0) is 17.0. The van der Waals surface area contributed by atoms with Gasteiger partial charge in [0.1, 0.15) is 0 Å². The van der Waals surface area contributed by atoms with Gasteiger partial charge in [-0.25, -0.2) is 8.42 Å². The van der Waals surface area contributed by atoms with E-state index in [1.54, 1.807) is 18.2 Å². The molecule has 0 aromatic heterocycles. The van der Waals surface area contributed by atoms with Gasteiger partial charge in [-0.05, 0) is 25.1 Å². The molecule has 0 aliphatic rings. The number of amides is 1. The second kappa shape index (κ2) is 6.55. The molecule has 2 aromatic rings. The van der Waals surface area contributed by atoms with Crippen molar-refractivity contribution < 1.29 is 18.1 Å². The van der Waals surface area contributed by atoms with Crippen LogP contribution in [0, 0.1) is 17.0 Å². The second-order valence-electron chi connectivity index (χ2n) is 4.63. The largest absolute Gasteiger partial charge is 0.273 e. The molecule has 0 saturated heterocycles. The van der Waals surface area contributed by atoms with Crippen LogP contribution >= 0.6 is 0 Å². The van der Waals surface area contributed by atoms with Crippen LogP contribution in [0.3, 0.4) is 0 Å². The Morgan fingerprint density at radius 1 is 1.13 bits per heavy atom. The molecule has 0 spiro atoms. The van der Waals surface area contributed by atoms with Crippen molar-refractivity contribution in [2.24, 2.45) is 0 Å². The SMILES string of the molecule is Cc1ccc(S(=O)(=O)NNC(=O)c2ccccc2)cc1[N+](=O)[O-]. The van der Waals surface area contributed by atoms with Crippen LogP contribution in [0.1, 0.15) is 15.9 Å². The van der Waals surface area contributed by atoms with E-state index in [2.05, 4.69) is 5.43 Å². The van der Waals surface area contributed by atoms with Crippen LogP contribution in [0.5, 0.6) is 0 Å². The van der Waals surface area contributed by atoms with Crippen LogP contribution < -0.4 is 10.3 Å². The molecule has 2 rings (SSSR count). The van der Waals surface area contributed by atoms with E-state index < -0.39 is 20.9 Å². The lowest BCUT2D eigenvalue weighted by Crippen LogP contribution is -2.41. The highest BCUT2D eigenvalue weighted by Crippen LogP contribution is 2.21. The van der Waals surface area contributed by atoms with E-state index in [1.807, 2.05) is 4.83 Å². The Labute approximate surface area is 132 Å². The summed E-state index contributed by atoms with van der Waals surface area (Å²) in [5.41, 5.74) is 2.34. The van der Waals surface area contributed by atoms with E-state index >= 15 is 0 Å². The van der Waals surface area contributed by atoms with Crippen molar-refractivity contribution in [1.29, 1.82) is 0 Å². The molecule has 0 aliphatic carbocycles. The van der Waals surface area contributed by atoms with Crippen molar-refractivity contribution in [1.82, 2.24) is 10.3 Å². The summed E-state index contributed by atoms with van der Waals surface area (Å²) < 4.78 is 24.2. The molecule has 0 bridgehead atoms. The van der Waals surface area contributed by atoms with Crippen molar-refractivity contribution >= 4 is 21.6 Å². The van der Waals surface area contributed by atoms with E-state index in [4.69, 9.17) is 0 Å². The Kier molecular flexibility index (Phi) is 4.72. The summed E-state index contributed by atoms with van der Waals surface area (Å²) in [7, 11) is -4.12. The van der Waals surface area contributed by atoms with Crippen LogP contribution in [-0.2, 0) is 10.0 Å². The lowest BCUT2D eigenvalue weighted by atomic mass is 10.2. The first-order chi connectivity index (χ1) is 10.8. The highest BCUT2D eigenvalue weighted by molar-refractivity contribution is 7.89. The summed E-state index contributed by atoms with van der Waals surface area (Å²) in [5, 5.41) is 10.9. The van der Waals surface area contributed by atoms with Crippen LogP contribution in [0.15, 0.2) is 53.4 Å². The van der Waals surface area contributed by atoms with Gasteiger partial charge >= 0.3 is 0 Å². The molecular formula is C14H13N3O5S. The molecule has 120 valence electrons. The van der Waals surface area contributed by atoms with Crippen LogP contribution in [0.4, 0.5) is 5.69 Å². The third-order valence-corrected chi connectivity index (χ3v) is 4.27. The number of hydrogen-bond donors (Lipinski definition) is 2. The molecule has 0 unspecified atom stereocenters. The van der Waals surface area contributed by atoms with Crippen molar-refractivity contribution in [3.63, 3.8) is 0 Å². The number of hydrogen-bond acceptors (Lipinski definition) is 5. The average molecular weight is 335 g/mol. The smallest absolute Gasteiger partial charge is 0.273 e. The molecule has 0 saturated carbocycles. The summed E-state index contributed by atoms with van der Waals surface area (Å²) in [4.78, 5) is 23.6. The zero-order valence-electron chi connectivity index (χ0n) is 12.0. The maximum atomic E-state index is 12.1. The fourth-order valence-electron chi connectivity index (χ4n) is 1.79. The predicted molar refractivity (Wildman–Crippen MR) is 82.1 cm³/mol. The highest BCUT2D eigenvalue weighted by Gasteiger charge is 2.20. The standard InChI is InChI=1S/C14H13N3O5S/c1-10-7-8-12(9-13(10)17(19)20)23(21,22)16-15-14(18)11-5-3-2-4-6-11/h2-9,16H,1H3,(H,15,18). The lowest BCUT2D eigenvalue weighted by molar-refractivity contribution is -0.385. The fraction of sp³-hybridized carbons (Fsp3) is 0.0714. The molecule has 23 heavy (non-hydrogen) atoms. The van der Waals surface area contributed by atoms with E-state index in [-0.39, 0.29) is 16.1 Å². The monoisotopic (exact) mass is 335 g/mol. The number of nitro benzene ring substituents is 1. The summed E-state index contributed by atoms with van der Waals surface area (Å²) in [6, 6.07) is 11.5. The molecule has 1 amide bonds. The van der Waals surface area contributed by atoms with Crippen LogP contribution in [0.2, 0.25) is 0 Å². The number of aryl methyl sites for hydroxylation is 1. The molecule has 0 fully saturated rings. The van der Waals surface area contributed by atoms with Gasteiger partial charge in [0.2, 0.25) is 0 Å². The van der Waals surface area contributed by atoms with Gasteiger partial charge in [0, 0.05) is 17.2 Å². The van der Waals surface area contributed by atoms with Crippen molar-refractivity contribution in [2.75, 3.05) is 0 Å². The molecule has 0 atom stereocenters. The summed E-state index contributed by atoms with van der Waals surface area (Å²) in [6.45, 7) is 1.50. The van der Waals surface area contributed by atoms with E-state index in [0.29, 0.717) is 5.56 Å². The molecule has 2 aromatic carbocycles. The molecule has 0 aliphatic heterocycles. The van der Waals surface area contributed by atoms with Crippen LogP contribution in [0.25, 0.3) is 0 Å². The maximum absolute atomic E-state index is 12.1. The van der Waals surface area contributed by atoms with E-state index in [0.717, 1.165) is 6.07 Å². The predicted octanol–water partition coefficient (Wildman–Crippen LogP) is 1.53. The Morgan fingerprint density at radius 3 is 2.39 bits per heavy atom. The number of hydrazine groups is 1. The van der Waals surface area contributed by atoms with Gasteiger partial charge in [-0.2, -0.15) is 0 Å². The lowest BCUT2D eigenvalue weighted by Gasteiger charge is -2.09. The minimum atomic E-state index is -4.12. The first-order valence-corrected chi connectivity index (χ1v) is 7.92. The number of nitrogens with one attached hydrogen (secondary N) is 2. The van der Waals surface area contributed by atoms with Crippen molar-refractivity contribution in [3.05, 3.63) is 69.8 Å². The Hall–Kier alpha value is -2.78. The summed E-state index contributed by atoms with van der Waals surface area (Å²) in [6.07, 6.45) is 0. The van der Waals surface area contributed by atoms with Gasteiger partial charge in [0.25, 0.3) is 21.6 Å². The minimum Gasteiger partial charge on any atom is -0.273 e. The molecule has 0 heterocycles. The second-order valence-corrected chi connectivity index (χ2v) is 6.31. The van der Waals surface area contributed by atoms with Gasteiger partial charge in [-0.3, -0.25) is 20.3 Å². The number of benzene rings is 2. The molecule has 8 nitrogen and oxygen atoms in total. The molecular weight excluding hydrogens is 322 g/mol. The first kappa shape index (κ1) is 16.6. The summed E-state index contributed by atoms with van der Waals surface area (Å²) >= 11 is 0. The van der Waals surface area contributed by atoms with Gasteiger partial charge in [-0.15, -0.1) is 4.83 Å². The number of nitro groups is 1. The zero-order valence-corrected chi connectivity index (χ0v) is 12.8. The minimum absolute atomic E-state index is 0.269. The van der Waals surface area contributed by atoms with E-state index in [1.165, 1.54) is 31.2 Å². The number of sulfonamides is 1. The normalized spacial score (nSPS) is 11.0. The maximum Gasteiger partial charge on any atom is 0.273 e. The topological polar surface area (TPSA) is 118 Å². The third-order valence-electron chi connectivity index (χ3n) is 3.02. The summed E-state index contributed by atoms with van der Waals surface area (Å²) in [5.74, 6) is -0.643. The van der Waals surface area contributed by atoms with Crippen LogP contribution in [-0.4, -0.2) is 19.2 Å². The molecule has 9 heteroatoms. The number of nitrogens with zero attached hydrogens (tertiary/aromatic N) is 1. The van der Waals surface area contributed by atoms with Gasteiger partial charge in [0.15, 0.2) is 0 Å². The van der Waals surface area contributed by atoms with E-state index in [9.17, 15) is 23.3 Å². The molecule has 0 radical (unpaired) electrons. The van der Waals surface area contributed by atoms with Gasteiger partial charge in [0.05, 0.1) is 9.82 Å². The average Bonchev–Trinajstić information content (AvgIpc) is 2.53.